The van der Waals surface area contributed by atoms with Gasteiger partial charge in [0.25, 0.3) is 0 Å². The third-order valence-corrected chi connectivity index (χ3v) is 4.21. The Balaban J connectivity index is 1.52. The van der Waals surface area contributed by atoms with E-state index in [4.69, 9.17) is 9.47 Å². The summed E-state index contributed by atoms with van der Waals surface area (Å²) in [7, 11) is 0. The molecule has 0 radical (unpaired) electrons. The van der Waals surface area contributed by atoms with E-state index >= 15 is 0 Å². The molecule has 21 heavy (non-hydrogen) atoms. The molecule has 2 fully saturated rings. The Labute approximate surface area is 127 Å². The highest BCUT2D eigenvalue weighted by atomic mass is 16.5. The van der Waals surface area contributed by atoms with Gasteiger partial charge in [-0.2, -0.15) is 0 Å². The van der Waals surface area contributed by atoms with Crippen LogP contribution in [0, 0.1) is 6.92 Å². The van der Waals surface area contributed by atoms with Crippen LogP contribution in [0.4, 0.5) is 0 Å². The third kappa shape index (κ3) is 4.43. The molecule has 0 aromatic heterocycles. The Hall–Kier alpha value is -1.10. The minimum Gasteiger partial charge on any atom is -0.492 e. The lowest BCUT2D eigenvalue weighted by atomic mass is 10.1. The van der Waals surface area contributed by atoms with Crippen molar-refractivity contribution >= 4 is 0 Å². The van der Waals surface area contributed by atoms with Gasteiger partial charge in [0.2, 0.25) is 0 Å². The maximum atomic E-state index is 6.10. The highest BCUT2D eigenvalue weighted by Crippen LogP contribution is 2.25. The first-order valence-corrected chi connectivity index (χ1v) is 8.08. The summed E-state index contributed by atoms with van der Waals surface area (Å²) in [4.78, 5) is 2.41. The summed E-state index contributed by atoms with van der Waals surface area (Å²) < 4.78 is 11.5. The summed E-state index contributed by atoms with van der Waals surface area (Å²) in [6, 6.07) is 7.15. The lowest BCUT2D eigenvalue weighted by molar-refractivity contribution is 0.0321. The molecule has 1 heterocycles. The van der Waals surface area contributed by atoms with Crippen molar-refractivity contribution in [1.29, 1.82) is 0 Å². The summed E-state index contributed by atoms with van der Waals surface area (Å²) in [5.74, 6) is 1.07. The van der Waals surface area contributed by atoms with Gasteiger partial charge in [0.15, 0.2) is 0 Å². The fraction of sp³-hybridized carbons (Fsp3) is 0.647. The summed E-state index contributed by atoms with van der Waals surface area (Å²) in [6.07, 6.45) is 2.64. The molecule has 0 bridgehead atoms. The number of rotatable bonds is 7. The molecular weight excluding hydrogens is 264 g/mol. The molecule has 4 nitrogen and oxygen atoms in total. The topological polar surface area (TPSA) is 33.7 Å². The molecule has 116 valence electrons. The van der Waals surface area contributed by atoms with Gasteiger partial charge < -0.3 is 14.8 Å². The average molecular weight is 290 g/mol. The first kappa shape index (κ1) is 14.8. The number of hydrogen-bond acceptors (Lipinski definition) is 4. The Morgan fingerprint density at radius 3 is 2.86 bits per heavy atom. The summed E-state index contributed by atoms with van der Waals surface area (Å²) >= 11 is 0. The predicted octanol–water partition coefficient (Wildman–Crippen LogP) is 1.96. The fourth-order valence-electron chi connectivity index (χ4n) is 2.70. The van der Waals surface area contributed by atoms with Gasteiger partial charge in [-0.05, 0) is 25.3 Å². The first-order chi connectivity index (χ1) is 10.3. The van der Waals surface area contributed by atoms with E-state index in [0.717, 1.165) is 57.8 Å². The molecule has 3 rings (SSSR count). The Bertz CT molecular complexity index is 454. The van der Waals surface area contributed by atoms with Crippen LogP contribution in [0.2, 0.25) is 0 Å². The molecule has 1 N–H and O–H groups in total. The number of nitrogens with zero attached hydrogens (tertiary/aromatic N) is 1. The van der Waals surface area contributed by atoms with Crippen molar-refractivity contribution in [2.45, 2.75) is 32.4 Å². The monoisotopic (exact) mass is 290 g/mol. The van der Waals surface area contributed by atoms with Gasteiger partial charge in [-0.25, -0.2) is 0 Å². The van der Waals surface area contributed by atoms with Gasteiger partial charge in [0.05, 0.1) is 13.2 Å². The number of morpholine rings is 1. The second-order valence-corrected chi connectivity index (χ2v) is 6.02. The van der Waals surface area contributed by atoms with E-state index in [1.807, 2.05) is 0 Å². The van der Waals surface area contributed by atoms with Gasteiger partial charge in [-0.3, -0.25) is 4.90 Å². The molecule has 2 aliphatic rings. The summed E-state index contributed by atoms with van der Waals surface area (Å²) in [6.45, 7) is 8.51. The van der Waals surface area contributed by atoms with Crippen molar-refractivity contribution in [2.75, 3.05) is 39.5 Å². The van der Waals surface area contributed by atoms with Crippen LogP contribution < -0.4 is 10.1 Å². The average Bonchev–Trinajstić information content (AvgIpc) is 3.33. The maximum absolute atomic E-state index is 6.10. The maximum Gasteiger partial charge on any atom is 0.126 e. The number of aryl methyl sites for hydroxylation is 1. The fourth-order valence-corrected chi connectivity index (χ4v) is 2.70. The van der Waals surface area contributed by atoms with Crippen LogP contribution in [0.1, 0.15) is 24.0 Å². The number of nitrogens with one attached hydrogen (secondary N) is 1. The largest absolute Gasteiger partial charge is 0.492 e. The van der Waals surface area contributed by atoms with Crippen LogP contribution in [0.25, 0.3) is 0 Å². The zero-order chi connectivity index (χ0) is 14.5. The normalized spacial score (nSPS) is 19.7. The van der Waals surface area contributed by atoms with E-state index in [9.17, 15) is 0 Å². The SMILES string of the molecule is Cc1cccc(CNC2CC2)c1OCCN1CCOCC1. The zero-order valence-corrected chi connectivity index (χ0v) is 12.9. The molecule has 0 spiro atoms. The lowest BCUT2D eigenvalue weighted by Gasteiger charge is -2.26. The highest BCUT2D eigenvalue weighted by molar-refractivity contribution is 5.40. The standard InChI is InChI=1S/C17H26N2O2/c1-14-3-2-4-15(13-18-16-5-6-16)17(14)21-12-9-19-7-10-20-11-8-19/h2-4,16,18H,5-13H2,1H3. The van der Waals surface area contributed by atoms with E-state index in [1.165, 1.54) is 24.0 Å². The van der Waals surface area contributed by atoms with E-state index in [1.54, 1.807) is 0 Å². The van der Waals surface area contributed by atoms with Gasteiger partial charge in [0, 0.05) is 37.8 Å². The zero-order valence-electron chi connectivity index (χ0n) is 12.9. The molecule has 0 atom stereocenters. The Morgan fingerprint density at radius 1 is 1.29 bits per heavy atom. The van der Waals surface area contributed by atoms with Crippen molar-refractivity contribution in [1.82, 2.24) is 10.2 Å². The molecule has 1 saturated carbocycles. The van der Waals surface area contributed by atoms with E-state index in [-0.39, 0.29) is 0 Å². The first-order valence-electron chi connectivity index (χ1n) is 8.08. The second-order valence-electron chi connectivity index (χ2n) is 6.02. The molecular formula is C17H26N2O2. The molecule has 1 aliphatic carbocycles. The lowest BCUT2D eigenvalue weighted by Crippen LogP contribution is -2.38. The number of benzene rings is 1. The third-order valence-electron chi connectivity index (χ3n) is 4.21. The van der Waals surface area contributed by atoms with Crippen LogP contribution in [0.3, 0.4) is 0 Å². The van der Waals surface area contributed by atoms with Crippen molar-refractivity contribution in [3.05, 3.63) is 29.3 Å². The van der Waals surface area contributed by atoms with Crippen LogP contribution >= 0.6 is 0 Å². The molecule has 0 unspecified atom stereocenters. The van der Waals surface area contributed by atoms with Crippen molar-refractivity contribution < 1.29 is 9.47 Å². The van der Waals surface area contributed by atoms with E-state index in [0.29, 0.717) is 0 Å². The molecule has 1 aliphatic heterocycles. The van der Waals surface area contributed by atoms with Gasteiger partial charge in [0.1, 0.15) is 12.4 Å². The Kier molecular flexibility index (Phi) is 5.12. The summed E-state index contributed by atoms with van der Waals surface area (Å²) in [5, 5.41) is 3.57. The smallest absolute Gasteiger partial charge is 0.126 e. The molecule has 1 aromatic carbocycles. The minimum atomic E-state index is 0.728. The van der Waals surface area contributed by atoms with Gasteiger partial charge >= 0.3 is 0 Å². The van der Waals surface area contributed by atoms with Crippen molar-refractivity contribution in [3.8, 4) is 5.75 Å². The molecule has 1 aromatic rings. The second kappa shape index (κ2) is 7.25. The van der Waals surface area contributed by atoms with E-state index < -0.39 is 0 Å². The van der Waals surface area contributed by atoms with Crippen LogP contribution in [0.15, 0.2) is 18.2 Å². The molecule has 0 amide bonds. The van der Waals surface area contributed by atoms with E-state index in [2.05, 4.69) is 35.3 Å². The number of hydrogen-bond donors (Lipinski definition) is 1. The van der Waals surface area contributed by atoms with Crippen molar-refractivity contribution in [3.63, 3.8) is 0 Å². The summed E-state index contributed by atoms with van der Waals surface area (Å²) in [5.41, 5.74) is 2.51. The minimum absolute atomic E-state index is 0.728. The van der Waals surface area contributed by atoms with Gasteiger partial charge in [-0.15, -0.1) is 0 Å². The van der Waals surface area contributed by atoms with Crippen molar-refractivity contribution in [2.24, 2.45) is 0 Å². The Morgan fingerprint density at radius 2 is 2.10 bits per heavy atom. The molecule has 1 saturated heterocycles. The molecule has 4 heteroatoms. The van der Waals surface area contributed by atoms with Crippen LogP contribution in [-0.4, -0.2) is 50.4 Å². The number of para-hydroxylation sites is 1. The van der Waals surface area contributed by atoms with Crippen LogP contribution in [-0.2, 0) is 11.3 Å². The highest BCUT2D eigenvalue weighted by Gasteiger charge is 2.21. The van der Waals surface area contributed by atoms with Crippen LogP contribution in [0.5, 0.6) is 5.75 Å². The van der Waals surface area contributed by atoms with Gasteiger partial charge in [-0.1, -0.05) is 18.2 Å². The predicted molar refractivity (Wildman–Crippen MR) is 83.8 cm³/mol. The quantitative estimate of drug-likeness (QED) is 0.832. The number of ether oxygens (including phenoxy) is 2.